The zero-order valence-electron chi connectivity index (χ0n) is 10.0. The van der Waals surface area contributed by atoms with E-state index in [9.17, 15) is 8.42 Å². The van der Waals surface area contributed by atoms with Crippen LogP contribution in [0.25, 0.3) is 0 Å². The van der Waals surface area contributed by atoms with Crippen LogP contribution in [0.5, 0.6) is 0 Å². The second-order valence-corrected chi connectivity index (χ2v) is 7.24. The van der Waals surface area contributed by atoms with Crippen molar-refractivity contribution in [2.75, 3.05) is 11.0 Å². The topological polar surface area (TPSA) is 46.2 Å². The maximum atomic E-state index is 11.9. The van der Waals surface area contributed by atoms with Gasteiger partial charge in [-0.1, -0.05) is 53.1 Å². The molecule has 0 saturated heterocycles. The van der Waals surface area contributed by atoms with Gasteiger partial charge in [-0.15, -0.1) is 0 Å². The van der Waals surface area contributed by atoms with E-state index in [2.05, 4.69) is 27.3 Å². The van der Waals surface area contributed by atoms with Gasteiger partial charge in [-0.3, -0.25) is 0 Å². The van der Waals surface area contributed by atoms with Crippen molar-refractivity contribution in [3.05, 3.63) is 29.3 Å². The maximum absolute atomic E-state index is 11.9. The summed E-state index contributed by atoms with van der Waals surface area (Å²) in [6, 6.07) is 6.30. The van der Waals surface area contributed by atoms with E-state index in [1.807, 2.05) is 0 Å². The van der Waals surface area contributed by atoms with E-state index in [0.717, 1.165) is 23.7 Å². The number of hydrogen-bond acceptors (Lipinski definition) is 2. The van der Waals surface area contributed by atoms with Gasteiger partial charge in [0.15, 0.2) is 0 Å². The first-order valence-electron chi connectivity index (χ1n) is 5.87. The van der Waals surface area contributed by atoms with Crippen LogP contribution in [0.2, 0.25) is 5.02 Å². The molecule has 0 saturated carbocycles. The molecule has 1 aromatic carbocycles. The van der Waals surface area contributed by atoms with E-state index >= 15 is 0 Å². The Bertz CT molecular complexity index is 465. The Morgan fingerprint density at radius 1 is 1.17 bits per heavy atom. The number of rotatable bonds is 8. The predicted molar refractivity (Wildman–Crippen MR) is 84.0 cm³/mol. The lowest BCUT2D eigenvalue weighted by molar-refractivity contribution is 0.574. The average molecular weight is 402 g/mol. The second-order valence-electron chi connectivity index (χ2n) is 3.96. The summed E-state index contributed by atoms with van der Waals surface area (Å²) in [6.07, 6.45) is 4.28. The first-order chi connectivity index (χ1) is 8.56. The molecule has 1 N–H and O–H groups in total. The molecule has 1 rings (SSSR count). The van der Waals surface area contributed by atoms with E-state index in [0.29, 0.717) is 11.6 Å². The van der Waals surface area contributed by atoms with E-state index in [-0.39, 0.29) is 4.90 Å². The van der Waals surface area contributed by atoms with E-state index < -0.39 is 10.0 Å². The highest BCUT2D eigenvalue weighted by Gasteiger charge is 2.12. The summed E-state index contributed by atoms with van der Waals surface area (Å²) in [5.41, 5.74) is 0. The Balaban J connectivity index is 2.41. The van der Waals surface area contributed by atoms with Crippen molar-refractivity contribution in [2.45, 2.75) is 30.6 Å². The Hall–Kier alpha value is 0.150. The lowest BCUT2D eigenvalue weighted by atomic mass is 10.2. The van der Waals surface area contributed by atoms with Crippen LogP contribution in [0.15, 0.2) is 29.2 Å². The van der Waals surface area contributed by atoms with Gasteiger partial charge < -0.3 is 0 Å². The van der Waals surface area contributed by atoms with Crippen molar-refractivity contribution < 1.29 is 8.42 Å². The molecule has 0 atom stereocenters. The van der Waals surface area contributed by atoms with E-state index in [4.69, 9.17) is 11.6 Å². The summed E-state index contributed by atoms with van der Waals surface area (Å²) < 4.78 is 27.6. The number of sulfonamides is 1. The van der Waals surface area contributed by atoms with Crippen molar-refractivity contribution in [1.82, 2.24) is 4.72 Å². The number of alkyl halides is 1. The molecule has 0 bridgehead atoms. The number of nitrogens with one attached hydrogen (secondary N) is 1. The van der Waals surface area contributed by atoms with Crippen LogP contribution in [0.1, 0.15) is 25.7 Å². The van der Waals surface area contributed by atoms with Crippen LogP contribution in [0.3, 0.4) is 0 Å². The Labute approximate surface area is 127 Å². The van der Waals surface area contributed by atoms with E-state index in [1.54, 1.807) is 18.2 Å². The molecule has 102 valence electrons. The Morgan fingerprint density at radius 3 is 2.56 bits per heavy atom. The monoisotopic (exact) mass is 401 g/mol. The molecular weight excluding hydrogens is 385 g/mol. The van der Waals surface area contributed by atoms with Crippen LogP contribution < -0.4 is 4.72 Å². The number of benzene rings is 1. The fraction of sp³-hybridized carbons (Fsp3) is 0.500. The van der Waals surface area contributed by atoms with Crippen LogP contribution >= 0.6 is 34.2 Å². The van der Waals surface area contributed by atoms with Crippen LogP contribution in [0.4, 0.5) is 0 Å². The van der Waals surface area contributed by atoms with Gasteiger partial charge in [-0.05, 0) is 35.5 Å². The summed E-state index contributed by atoms with van der Waals surface area (Å²) in [5, 5.41) is 0.430. The van der Waals surface area contributed by atoms with Gasteiger partial charge in [0.2, 0.25) is 10.0 Å². The van der Waals surface area contributed by atoms with Crippen molar-refractivity contribution in [2.24, 2.45) is 0 Å². The van der Waals surface area contributed by atoms with Gasteiger partial charge in [0.05, 0.1) is 4.90 Å². The molecule has 1 aromatic rings. The van der Waals surface area contributed by atoms with Crippen LogP contribution in [-0.4, -0.2) is 19.4 Å². The minimum atomic E-state index is -3.41. The largest absolute Gasteiger partial charge is 0.240 e. The summed E-state index contributed by atoms with van der Waals surface area (Å²) in [4.78, 5) is 0.224. The lowest BCUT2D eigenvalue weighted by Crippen LogP contribution is -2.24. The molecule has 0 unspecified atom stereocenters. The highest BCUT2D eigenvalue weighted by molar-refractivity contribution is 14.1. The van der Waals surface area contributed by atoms with Crippen LogP contribution in [0, 0.1) is 0 Å². The molecule has 0 aliphatic rings. The van der Waals surface area contributed by atoms with Gasteiger partial charge in [0, 0.05) is 11.6 Å². The summed E-state index contributed by atoms with van der Waals surface area (Å²) >= 11 is 8.12. The summed E-state index contributed by atoms with van der Waals surface area (Å²) in [5.74, 6) is 0. The number of unbranched alkanes of at least 4 members (excludes halogenated alkanes) is 3. The second kappa shape index (κ2) is 8.35. The fourth-order valence-corrected chi connectivity index (χ4v) is 3.41. The molecule has 6 heteroatoms. The van der Waals surface area contributed by atoms with Gasteiger partial charge >= 0.3 is 0 Å². The standard InChI is InChI=1S/C12H17ClINO2S/c13-11-6-5-7-12(10-11)18(16,17)15-9-4-2-1-3-8-14/h5-7,10,15H,1-4,8-9H2. The van der Waals surface area contributed by atoms with Crippen molar-refractivity contribution in [1.29, 1.82) is 0 Å². The third-order valence-corrected chi connectivity index (χ3v) is 4.92. The lowest BCUT2D eigenvalue weighted by Gasteiger charge is -2.06. The molecule has 0 aliphatic carbocycles. The molecule has 0 spiro atoms. The molecule has 0 amide bonds. The third-order valence-electron chi connectivity index (χ3n) is 2.46. The first-order valence-corrected chi connectivity index (χ1v) is 9.26. The summed E-state index contributed by atoms with van der Waals surface area (Å²) in [7, 11) is -3.41. The Kier molecular flexibility index (Phi) is 7.51. The molecule has 0 heterocycles. The zero-order chi connectivity index (χ0) is 13.4. The molecule has 0 radical (unpaired) electrons. The fourth-order valence-electron chi connectivity index (χ4n) is 1.50. The first kappa shape index (κ1) is 16.2. The quantitative estimate of drug-likeness (QED) is 0.411. The maximum Gasteiger partial charge on any atom is 0.240 e. The molecule has 0 aliphatic heterocycles. The Morgan fingerprint density at radius 2 is 1.89 bits per heavy atom. The van der Waals surface area contributed by atoms with Gasteiger partial charge in [0.25, 0.3) is 0 Å². The van der Waals surface area contributed by atoms with E-state index in [1.165, 1.54) is 12.5 Å². The number of hydrogen-bond donors (Lipinski definition) is 1. The highest BCUT2D eigenvalue weighted by Crippen LogP contribution is 2.15. The predicted octanol–water partition coefficient (Wildman–Crippen LogP) is 3.61. The average Bonchev–Trinajstić information content (AvgIpc) is 2.33. The zero-order valence-corrected chi connectivity index (χ0v) is 13.8. The van der Waals surface area contributed by atoms with Gasteiger partial charge in [-0.2, -0.15) is 0 Å². The van der Waals surface area contributed by atoms with Crippen molar-refractivity contribution in [3.63, 3.8) is 0 Å². The molecule has 0 aromatic heterocycles. The van der Waals surface area contributed by atoms with Gasteiger partial charge in [0.1, 0.15) is 0 Å². The molecule has 18 heavy (non-hydrogen) atoms. The van der Waals surface area contributed by atoms with Crippen molar-refractivity contribution >= 4 is 44.2 Å². The SMILES string of the molecule is O=S(=O)(NCCCCCCI)c1cccc(Cl)c1. The molecular formula is C12H17ClINO2S. The normalized spacial score (nSPS) is 11.7. The third kappa shape index (κ3) is 5.86. The summed E-state index contributed by atoms with van der Waals surface area (Å²) in [6.45, 7) is 0.482. The molecule has 0 fully saturated rings. The minimum absolute atomic E-state index is 0.224. The smallest absolute Gasteiger partial charge is 0.211 e. The highest BCUT2D eigenvalue weighted by atomic mass is 127. The minimum Gasteiger partial charge on any atom is -0.211 e. The number of halogens is 2. The van der Waals surface area contributed by atoms with Gasteiger partial charge in [-0.25, -0.2) is 13.1 Å². The van der Waals surface area contributed by atoms with Crippen LogP contribution in [-0.2, 0) is 10.0 Å². The van der Waals surface area contributed by atoms with Crippen molar-refractivity contribution in [3.8, 4) is 0 Å². The molecule has 3 nitrogen and oxygen atoms in total.